The van der Waals surface area contributed by atoms with Gasteiger partial charge in [0.2, 0.25) is 0 Å². The van der Waals surface area contributed by atoms with E-state index < -0.39 is 11.9 Å². The van der Waals surface area contributed by atoms with Gasteiger partial charge in [-0.3, -0.25) is 5.41 Å². The van der Waals surface area contributed by atoms with E-state index in [1.54, 1.807) is 12.1 Å². The van der Waals surface area contributed by atoms with Crippen molar-refractivity contribution in [3.05, 3.63) is 41.0 Å². The number of benzene rings is 1. The predicted octanol–water partition coefficient (Wildman–Crippen LogP) is 5.33. The second kappa shape index (κ2) is 8.29. The molecule has 0 aliphatic carbocycles. The average molecular weight is 326 g/mol. The quantitative estimate of drug-likeness (QED) is 0.724. The molecule has 0 radical (unpaired) electrons. The fourth-order valence-electron chi connectivity index (χ4n) is 2.07. The highest BCUT2D eigenvalue weighted by Gasteiger charge is 2.36. The van der Waals surface area contributed by atoms with Crippen molar-refractivity contribution in [1.82, 2.24) is 5.32 Å². The number of fused-ring (bicyclic) bond motifs is 1. The summed E-state index contributed by atoms with van der Waals surface area (Å²) >= 11 is 0. The maximum atomic E-state index is 12.6. The number of halogens is 3. The molecule has 2 rings (SSSR count). The zero-order chi connectivity index (χ0) is 17.6. The minimum atomic E-state index is -4.61. The van der Waals surface area contributed by atoms with Crippen LogP contribution in [0.1, 0.15) is 50.8 Å². The molecular weight excluding hydrogens is 301 g/mol. The molecule has 1 aliphatic heterocycles. The van der Waals surface area contributed by atoms with Gasteiger partial charge >= 0.3 is 6.18 Å². The minimum absolute atomic E-state index is 0.0720. The molecule has 1 aromatic carbocycles. The van der Waals surface area contributed by atoms with Gasteiger partial charge in [0.15, 0.2) is 0 Å². The summed E-state index contributed by atoms with van der Waals surface area (Å²) in [7, 11) is 0. The first kappa shape index (κ1) is 19.4. The Labute approximate surface area is 136 Å². The van der Waals surface area contributed by atoms with Gasteiger partial charge in [0.25, 0.3) is 0 Å². The van der Waals surface area contributed by atoms with Crippen molar-refractivity contribution < 1.29 is 13.2 Å². The molecule has 2 N–H and O–H groups in total. The topological polar surface area (TPSA) is 35.9 Å². The summed E-state index contributed by atoms with van der Waals surface area (Å²) < 4.78 is 37.7. The molecule has 0 saturated carbocycles. The van der Waals surface area contributed by atoms with E-state index in [9.17, 15) is 13.2 Å². The molecule has 128 valence electrons. The van der Waals surface area contributed by atoms with Crippen LogP contribution < -0.4 is 5.32 Å². The highest BCUT2D eigenvalue weighted by Crippen LogP contribution is 2.29. The van der Waals surface area contributed by atoms with Crippen LogP contribution >= 0.6 is 0 Å². The van der Waals surface area contributed by atoms with E-state index in [0.29, 0.717) is 12.1 Å². The lowest BCUT2D eigenvalue weighted by atomic mass is 9.97. The van der Waals surface area contributed by atoms with Gasteiger partial charge in [-0.15, -0.1) is 0 Å². The maximum absolute atomic E-state index is 12.6. The van der Waals surface area contributed by atoms with E-state index in [1.807, 2.05) is 6.07 Å². The molecule has 23 heavy (non-hydrogen) atoms. The smallest absolute Gasteiger partial charge is 0.309 e. The van der Waals surface area contributed by atoms with E-state index >= 15 is 0 Å². The van der Waals surface area contributed by atoms with Crippen molar-refractivity contribution >= 4 is 11.3 Å². The maximum Gasteiger partial charge on any atom is 0.433 e. The zero-order valence-electron chi connectivity index (χ0n) is 14.1. The molecule has 1 aromatic rings. The molecule has 2 nitrogen and oxygen atoms in total. The number of rotatable bonds is 3. The molecule has 0 unspecified atom stereocenters. The third kappa shape index (κ3) is 5.50. The van der Waals surface area contributed by atoms with Crippen LogP contribution in [-0.2, 0) is 13.1 Å². The van der Waals surface area contributed by atoms with Crippen molar-refractivity contribution in [3.8, 4) is 0 Å². The first-order valence-electron chi connectivity index (χ1n) is 7.86. The van der Waals surface area contributed by atoms with E-state index in [-0.39, 0.29) is 5.57 Å². The average Bonchev–Trinajstić information content (AvgIpc) is 2.95. The molecule has 0 saturated heterocycles. The molecular formula is C18H25F3N2. The SMILES string of the molecule is C/C=C(\C(=N)C(F)(F)F)c1ccc2c(c1)CNC2.CCC(C)C. The second-order valence-electron chi connectivity index (χ2n) is 5.96. The van der Waals surface area contributed by atoms with E-state index in [4.69, 9.17) is 5.41 Å². The molecule has 1 aliphatic rings. The standard InChI is InChI=1S/C13H13F3N2.C5H12/c1-2-11(12(17)13(14,15)16)8-3-4-9-6-18-7-10(9)5-8;1-4-5(2)3/h2-5,17-18H,6-7H2,1H3;5H,4H2,1-3H3/b11-2-,17-12?;. The summed E-state index contributed by atoms with van der Waals surface area (Å²) in [6.45, 7) is 9.57. The highest BCUT2D eigenvalue weighted by atomic mass is 19.4. The van der Waals surface area contributed by atoms with Crippen LogP contribution in [-0.4, -0.2) is 11.9 Å². The number of nitrogens with one attached hydrogen (secondary N) is 2. The van der Waals surface area contributed by atoms with E-state index in [1.165, 1.54) is 19.4 Å². The van der Waals surface area contributed by atoms with Crippen LogP contribution in [0, 0.1) is 11.3 Å². The van der Waals surface area contributed by atoms with Crippen LogP contribution in [0.2, 0.25) is 0 Å². The third-order valence-electron chi connectivity index (χ3n) is 3.81. The second-order valence-corrected chi connectivity index (χ2v) is 5.96. The fraction of sp³-hybridized carbons (Fsp3) is 0.500. The Morgan fingerprint density at radius 1 is 1.26 bits per heavy atom. The summed E-state index contributed by atoms with van der Waals surface area (Å²) in [4.78, 5) is 0. The Bertz CT molecular complexity index is 572. The van der Waals surface area contributed by atoms with Crippen molar-refractivity contribution in [2.75, 3.05) is 0 Å². The first-order chi connectivity index (χ1) is 10.7. The van der Waals surface area contributed by atoms with Gasteiger partial charge in [-0.05, 0) is 35.6 Å². The van der Waals surface area contributed by atoms with Gasteiger partial charge in [-0.2, -0.15) is 13.2 Å². The molecule has 5 heteroatoms. The lowest BCUT2D eigenvalue weighted by Crippen LogP contribution is -2.23. The summed E-state index contributed by atoms with van der Waals surface area (Å²) in [5.74, 6) is 0.884. The fourth-order valence-corrected chi connectivity index (χ4v) is 2.07. The van der Waals surface area contributed by atoms with Gasteiger partial charge in [0, 0.05) is 18.7 Å². The Morgan fingerprint density at radius 2 is 1.83 bits per heavy atom. The summed E-state index contributed by atoms with van der Waals surface area (Å²) in [6.07, 6.45) is -1.97. The number of hydrogen-bond donors (Lipinski definition) is 2. The molecule has 1 heterocycles. The summed E-state index contributed by atoms with van der Waals surface area (Å²) in [5, 5.41) is 10.4. The largest absolute Gasteiger partial charge is 0.433 e. The van der Waals surface area contributed by atoms with Crippen LogP contribution in [0.3, 0.4) is 0 Å². The van der Waals surface area contributed by atoms with Crippen molar-refractivity contribution in [2.45, 2.75) is 53.4 Å². The van der Waals surface area contributed by atoms with Crippen molar-refractivity contribution in [3.63, 3.8) is 0 Å². The normalized spacial score (nSPS) is 14.3. The van der Waals surface area contributed by atoms with Crippen LogP contribution in [0.4, 0.5) is 13.2 Å². The van der Waals surface area contributed by atoms with E-state index in [2.05, 4.69) is 26.1 Å². The Morgan fingerprint density at radius 3 is 2.30 bits per heavy atom. The van der Waals surface area contributed by atoms with Crippen molar-refractivity contribution in [2.24, 2.45) is 5.92 Å². The molecule has 0 amide bonds. The Kier molecular flexibility index (Phi) is 7.01. The van der Waals surface area contributed by atoms with Crippen molar-refractivity contribution in [1.29, 1.82) is 5.41 Å². The molecule has 0 bridgehead atoms. The first-order valence-corrected chi connectivity index (χ1v) is 7.86. The monoisotopic (exact) mass is 326 g/mol. The number of hydrogen-bond acceptors (Lipinski definition) is 2. The van der Waals surface area contributed by atoms with Gasteiger partial charge in [-0.1, -0.05) is 45.4 Å². The lowest BCUT2D eigenvalue weighted by molar-refractivity contribution is -0.0578. The van der Waals surface area contributed by atoms with Gasteiger partial charge < -0.3 is 5.32 Å². The van der Waals surface area contributed by atoms with E-state index in [0.717, 1.165) is 23.6 Å². The van der Waals surface area contributed by atoms with Crippen LogP contribution in [0.5, 0.6) is 0 Å². The van der Waals surface area contributed by atoms with Gasteiger partial charge in [-0.25, -0.2) is 0 Å². The van der Waals surface area contributed by atoms with Gasteiger partial charge in [0.1, 0.15) is 5.71 Å². The Hall–Kier alpha value is -1.62. The number of alkyl halides is 3. The Balaban J connectivity index is 0.000000463. The summed E-state index contributed by atoms with van der Waals surface area (Å²) in [6, 6.07) is 5.18. The number of allylic oxidation sites excluding steroid dienone is 2. The molecule has 0 spiro atoms. The van der Waals surface area contributed by atoms with Crippen LogP contribution in [0.15, 0.2) is 24.3 Å². The minimum Gasteiger partial charge on any atom is -0.309 e. The highest BCUT2D eigenvalue weighted by molar-refractivity contribution is 6.24. The van der Waals surface area contributed by atoms with Gasteiger partial charge in [0.05, 0.1) is 0 Å². The zero-order valence-corrected chi connectivity index (χ0v) is 14.1. The third-order valence-corrected chi connectivity index (χ3v) is 3.81. The molecule has 0 aromatic heterocycles. The summed E-state index contributed by atoms with van der Waals surface area (Å²) in [5.41, 5.74) is 1.19. The molecule has 0 atom stereocenters. The predicted molar refractivity (Wildman–Crippen MR) is 89.5 cm³/mol. The van der Waals surface area contributed by atoms with Crippen LogP contribution in [0.25, 0.3) is 5.57 Å². The molecule has 0 fully saturated rings. The lowest BCUT2D eigenvalue weighted by Gasteiger charge is -2.13.